The van der Waals surface area contributed by atoms with Crippen LogP contribution < -0.4 is 9.64 Å². The summed E-state index contributed by atoms with van der Waals surface area (Å²) < 4.78 is 23.6. The van der Waals surface area contributed by atoms with Crippen molar-refractivity contribution in [2.24, 2.45) is 0 Å². The van der Waals surface area contributed by atoms with Crippen molar-refractivity contribution in [3.63, 3.8) is 0 Å². The van der Waals surface area contributed by atoms with Gasteiger partial charge in [-0.3, -0.25) is 4.79 Å². The second-order valence-corrected chi connectivity index (χ2v) is 7.30. The summed E-state index contributed by atoms with van der Waals surface area (Å²) >= 11 is 0. The second-order valence-electron chi connectivity index (χ2n) is 7.30. The number of carbonyl (C=O) groups excluding carboxylic acids is 2. The smallest absolute Gasteiger partial charge is 0.344 e. The third-order valence-corrected chi connectivity index (χ3v) is 5.26. The lowest BCUT2D eigenvalue weighted by molar-refractivity contribution is -0.153. The van der Waals surface area contributed by atoms with Gasteiger partial charge in [0.1, 0.15) is 11.6 Å². The molecule has 31 heavy (non-hydrogen) atoms. The van der Waals surface area contributed by atoms with E-state index in [2.05, 4.69) is 4.90 Å². The van der Waals surface area contributed by atoms with Crippen LogP contribution in [0.1, 0.15) is 0 Å². The number of hydrogen-bond acceptors (Lipinski definition) is 5. The maximum absolute atomic E-state index is 13.1. The summed E-state index contributed by atoms with van der Waals surface area (Å²) in [7, 11) is 0. The fourth-order valence-corrected chi connectivity index (χ4v) is 3.54. The largest absolute Gasteiger partial charge is 0.482 e. The summed E-state index contributed by atoms with van der Waals surface area (Å²) in [5.41, 5.74) is 0.922. The number of rotatable bonds is 6. The maximum Gasteiger partial charge on any atom is 0.344 e. The molecule has 0 atom stereocenters. The molecule has 0 bridgehead atoms. The summed E-state index contributed by atoms with van der Waals surface area (Å²) in [4.78, 5) is 28.1. The van der Waals surface area contributed by atoms with Crippen LogP contribution in [0.4, 0.5) is 10.1 Å². The van der Waals surface area contributed by atoms with Crippen LogP contribution in [0, 0.1) is 5.82 Å². The summed E-state index contributed by atoms with van der Waals surface area (Å²) in [6.45, 7) is 1.73. The number of piperazine rings is 1. The van der Waals surface area contributed by atoms with E-state index in [-0.39, 0.29) is 24.9 Å². The maximum atomic E-state index is 13.1. The van der Waals surface area contributed by atoms with Crippen LogP contribution in [0.3, 0.4) is 0 Å². The molecule has 0 saturated carbocycles. The number of halogens is 1. The Morgan fingerprint density at radius 2 is 1.55 bits per heavy atom. The van der Waals surface area contributed by atoms with Gasteiger partial charge >= 0.3 is 5.97 Å². The molecule has 7 heteroatoms. The molecular weight excluding hydrogens is 399 g/mol. The Bertz CT molecular complexity index is 1060. The van der Waals surface area contributed by atoms with Crippen LogP contribution in [0.15, 0.2) is 66.7 Å². The van der Waals surface area contributed by atoms with Gasteiger partial charge in [-0.2, -0.15) is 0 Å². The summed E-state index contributed by atoms with van der Waals surface area (Å²) in [6, 6.07) is 19.7. The van der Waals surface area contributed by atoms with E-state index in [4.69, 9.17) is 9.47 Å². The molecule has 1 saturated heterocycles. The minimum Gasteiger partial charge on any atom is -0.482 e. The van der Waals surface area contributed by atoms with Gasteiger partial charge in [-0.25, -0.2) is 9.18 Å². The topological polar surface area (TPSA) is 59.1 Å². The van der Waals surface area contributed by atoms with Gasteiger partial charge in [0.25, 0.3) is 5.91 Å². The lowest BCUT2D eigenvalue weighted by atomic mass is 10.1. The highest BCUT2D eigenvalue weighted by molar-refractivity contribution is 5.84. The number of benzene rings is 3. The Kier molecular flexibility index (Phi) is 6.31. The Morgan fingerprint density at radius 3 is 2.29 bits per heavy atom. The molecule has 1 amide bonds. The van der Waals surface area contributed by atoms with Crippen LogP contribution in [0.2, 0.25) is 0 Å². The number of anilines is 1. The molecule has 3 aromatic carbocycles. The molecule has 0 spiro atoms. The number of ether oxygens (including phenoxy) is 2. The third-order valence-electron chi connectivity index (χ3n) is 5.26. The highest BCUT2D eigenvalue weighted by Crippen LogP contribution is 2.20. The van der Waals surface area contributed by atoms with Crippen molar-refractivity contribution in [1.29, 1.82) is 0 Å². The van der Waals surface area contributed by atoms with Crippen LogP contribution in [-0.4, -0.2) is 56.2 Å². The molecule has 1 heterocycles. The van der Waals surface area contributed by atoms with Crippen molar-refractivity contribution in [3.05, 3.63) is 72.5 Å². The van der Waals surface area contributed by atoms with Crippen LogP contribution >= 0.6 is 0 Å². The second kappa shape index (κ2) is 9.47. The Balaban J connectivity index is 1.19. The van der Waals surface area contributed by atoms with Gasteiger partial charge in [-0.05, 0) is 47.2 Å². The number of nitrogens with zero attached hydrogens (tertiary/aromatic N) is 2. The van der Waals surface area contributed by atoms with Crippen LogP contribution in [-0.2, 0) is 14.3 Å². The summed E-state index contributed by atoms with van der Waals surface area (Å²) in [5.74, 6) is -0.535. The Hall–Kier alpha value is -3.61. The van der Waals surface area contributed by atoms with E-state index in [0.717, 1.165) is 16.5 Å². The van der Waals surface area contributed by atoms with Gasteiger partial charge in [0.2, 0.25) is 0 Å². The molecule has 6 nitrogen and oxygen atoms in total. The van der Waals surface area contributed by atoms with E-state index >= 15 is 0 Å². The van der Waals surface area contributed by atoms with Crippen LogP contribution in [0.5, 0.6) is 5.75 Å². The summed E-state index contributed by atoms with van der Waals surface area (Å²) in [5, 5.41) is 2.10. The van der Waals surface area contributed by atoms with E-state index in [1.165, 1.54) is 12.1 Å². The fourth-order valence-electron chi connectivity index (χ4n) is 3.54. The first-order valence-corrected chi connectivity index (χ1v) is 10.1. The van der Waals surface area contributed by atoms with E-state index in [1.54, 1.807) is 23.1 Å². The van der Waals surface area contributed by atoms with Crippen molar-refractivity contribution in [3.8, 4) is 5.75 Å². The van der Waals surface area contributed by atoms with Gasteiger partial charge in [0.15, 0.2) is 13.2 Å². The minimum absolute atomic E-state index is 0.238. The molecule has 1 aliphatic heterocycles. The average molecular weight is 422 g/mol. The number of hydrogen-bond donors (Lipinski definition) is 0. The molecule has 1 aliphatic rings. The van der Waals surface area contributed by atoms with Gasteiger partial charge < -0.3 is 19.3 Å². The van der Waals surface area contributed by atoms with E-state index in [0.29, 0.717) is 31.9 Å². The number of fused-ring (bicyclic) bond motifs is 1. The monoisotopic (exact) mass is 422 g/mol. The zero-order valence-corrected chi connectivity index (χ0v) is 17.0. The number of esters is 1. The van der Waals surface area contributed by atoms with E-state index in [9.17, 15) is 14.0 Å². The highest BCUT2D eigenvalue weighted by Gasteiger charge is 2.22. The van der Waals surface area contributed by atoms with Crippen LogP contribution in [0.25, 0.3) is 10.8 Å². The lowest BCUT2D eigenvalue weighted by Gasteiger charge is -2.36. The normalized spacial score (nSPS) is 13.8. The molecule has 160 valence electrons. The molecule has 0 radical (unpaired) electrons. The highest BCUT2D eigenvalue weighted by atomic mass is 19.1. The average Bonchev–Trinajstić information content (AvgIpc) is 2.81. The van der Waals surface area contributed by atoms with E-state index in [1.807, 2.05) is 36.4 Å². The molecule has 3 aromatic rings. The zero-order valence-electron chi connectivity index (χ0n) is 17.0. The first-order valence-electron chi connectivity index (χ1n) is 10.1. The first kappa shape index (κ1) is 20.7. The number of carbonyl (C=O) groups is 2. The van der Waals surface area contributed by atoms with Crippen molar-refractivity contribution in [2.75, 3.05) is 44.3 Å². The molecule has 0 aromatic heterocycles. The molecule has 4 rings (SSSR count). The third kappa shape index (κ3) is 5.31. The molecule has 0 unspecified atom stereocenters. The zero-order chi connectivity index (χ0) is 21.6. The quantitative estimate of drug-likeness (QED) is 0.571. The Morgan fingerprint density at radius 1 is 0.839 bits per heavy atom. The Labute approximate surface area is 179 Å². The number of amides is 1. The summed E-state index contributed by atoms with van der Waals surface area (Å²) in [6.07, 6.45) is 0. The molecular formula is C24H23FN2O4. The van der Waals surface area contributed by atoms with Crippen molar-refractivity contribution in [1.82, 2.24) is 4.90 Å². The van der Waals surface area contributed by atoms with Gasteiger partial charge in [0, 0.05) is 31.9 Å². The molecule has 0 aliphatic carbocycles. The SMILES string of the molecule is O=C(COc1ccc2ccccc2c1)OCC(=O)N1CCN(c2ccc(F)cc2)CC1. The van der Waals surface area contributed by atoms with Crippen molar-refractivity contribution >= 4 is 28.3 Å². The molecule has 0 N–H and O–H groups in total. The van der Waals surface area contributed by atoms with Gasteiger partial charge in [-0.15, -0.1) is 0 Å². The first-order chi connectivity index (χ1) is 15.1. The fraction of sp³-hybridized carbons (Fsp3) is 0.250. The predicted octanol–water partition coefficient (Wildman–Crippen LogP) is 3.25. The standard InChI is InChI=1S/C24H23FN2O4/c25-20-6-8-21(9-7-20)26-11-13-27(14-12-26)23(28)16-31-24(29)17-30-22-10-5-18-3-1-2-4-19(18)15-22/h1-10,15H,11-14,16-17H2. The van der Waals surface area contributed by atoms with Gasteiger partial charge in [0.05, 0.1) is 0 Å². The molecule has 1 fully saturated rings. The minimum atomic E-state index is -0.591. The lowest BCUT2D eigenvalue weighted by Crippen LogP contribution is -2.50. The van der Waals surface area contributed by atoms with Crippen molar-refractivity contribution in [2.45, 2.75) is 0 Å². The predicted molar refractivity (Wildman–Crippen MR) is 116 cm³/mol. The van der Waals surface area contributed by atoms with Crippen molar-refractivity contribution < 1.29 is 23.5 Å². The van der Waals surface area contributed by atoms with E-state index < -0.39 is 5.97 Å². The van der Waals surface area contributed by atoms with Gasteiger partial charge in [-0.1, -0.05) is 30.3 Å².